The van der Waals surface area contributed by atoms with Gasteiger partial charge in [0, 0.05) is 12.8 Å². The monoisotopic (exact) mass is 842 g/mol. The highest BCUT2D eigenvalue weighted by Crippen LogP contribution is 2.38. The SMILES string of the molecule is CC/C=C\C/C=C\C/C=C\C/C=C\C/C=C\CCCC(=O)OC[C@H](COP(=O)([O-])OCC[N+](C)(C)C)OC(=O)CCC/C=C\C/C=C\C/C=C\C=C\CC(O)/C=C\CC. The van der Waals surface area contributed by atoms with Gasteiger partial charge in [-0.3, -0.25) is 14.2 Å². The van der Waals surface area contributed by atoms with E-state index in [-0.39, 0.29) is 26.1 Å². The van der Waals surface area contributed by atoms with Crippen molar-refractivity contribution in [2.24, 2.45) is 0 Å². The van der Waals surface area contributed by atoms with Gasteiger partial charge in [-0.2, -0.15) is 0 Å². The Morgan fingerprint density at radius 3 is 1.63 bits per heavy atom. The van der Waals surface area contributed by atoms with Gasteiger partial charge in [0.05, 0.1) is 33.9 Å². The largest absolute Gasteiger partial charge is 0.756 e. The number of hydrogen-bond donors (Lipinski definition) is 1. The highest BCUT2D eigenvalue weighted by atomic mass is 31.2. The lowest BCUT2D eigenvalue weighted by molar-refractivity contribution is -0.870. The van der Waals surface area contributed by atoms with Gasteiger partial charge in [-0.1, -0.05) is 135 Å². The minimum absolute atomic E-state index is 0.0658. The van der Waals surface area contributed by atoms with E-state index in [1.807, 2.05) is 82.8 Å². The van der Waals surface area contributed by atoms with E-state index in [1.54, 1.807) is 0 Å². The van der Waals surface area contributed by atoms with E-state index in [1.165, 1.54) is 0 Å². The van der Waals surface area contributed by atoms with E-state index in [4.69, 9.17) is 18.5 Å². The van der Waals surface area contributed by atoms with Crippen LogP contribution in [0.1, 0.15) is 110 Å². The fourth-order valence-electron chi connectivity index (χ4n) is 4.74. The topological polar surface area (TPSA) is 131 Å². The van der Waals surface area contributed by atoms with Crippen molar-refractivity contribution in [3.05, 3.63) is 122 Å². The molecule has 0 spiro atoms. The Balaban J connectivity index is 4.63. The first-order valence-electron chi connectivity index (χ1n) is 21.4. The third kappa shape index (κ3) is 42.3. The van der Waals surface area contributed by atoms with Gasteiger partial charge in [0.2, 0.25) is 0 Å². The molecular formula is C48H76NO9P. The standard InChI is InChI=1S/C48H76NO9P/c1-6-8-10-11-12-13-14-15-16-17-18-19-23-26-29-32-35-39-47(51)55-43-46(44-57-59(53,54)56-42-41-49(3,4)5)58-48(52)40-36-33-30-27-24-21-20-22-25-28-31-34-38-45(50)37-9-7-2/h8-10,12-13,15-16,18-21,25-31,34,37,45-46,50H,6-7,11,14,17,22-24,32-33,35-36,38-44H2,1-5H3/b10-8-,13-12-,16-15-,19-18-,21-20-,28-25-,29-26-,30-27-,34-31+,37-9-/t45?,46-/m1/s1. The highest BCUT2D eigenvalue weighted by molar-refractivity contribution is 7.45. The Kier molecular flexibility index (Phi) is 36.2. The average Bonchev–Trinajstić information content (AvgIpc) is 3.18. The summed E-state index contributed by atoms with van der Waals surface area (Å²) in [6.07, 6.45) is 50.1. The van der Waals surface area contributed by atoms with Crippen LogP contribution in [0, 0.1) is 0 Å². The zero-order valence-electron chi connectivity index (χ0n) is 36.7. The molecule has 0 saturated heterocycles. The molecule has 0 amide bonds. The summed E-state index contributed by atoms with van der Waals surface area (Å²) in [4.78, 5) is 37.5. The highest BCUT2D eigenvalue weighted by Gasteiger charge is 2.21. The number of aliphatic hydroxyl groups is 1. The number of carbonyl (C=O) groups excluding carboxylic acids is 2. The number of allylic oxidation sites excluding steroid dienone is 18. The van der Waals surface area contributed by atoms with Crippen molar-refractivity contribution >= 4 is 19.8 Å². The third-order valence-electron chi connectivity index (χ3n) is 8.05. The van der Waals surface area contributed by atoms with Crippen LogP contribution in [-0.4, -0.2) is 81.2 Å². The summed E-state index contributed by atoms with van der Waals surface area (Å²) in [5.74, 6) is -1.01. The van der Waals surface area contributed by atoms with Crippen molar-refractivity contribution < 1.29 is 47.2 Å². The van der Waals surface area contributed by atoms with Crippen LogP contribution in [0.2, 0.25) is 0 Å². The zero-order chi connectivity index (χ0) is 43.7. The van der Waals surface area contributed by atoms with E-state index in [2.05, 4.69) is 73.8 Å². The number of quaternary nitrogens is 1. The summed E-state index contributed by atoms with van der Waals surface area (Å²) in [5, 5.41) is 9.77. The molecule has 11 heteroatoms. The first-order valence-corrected chi connectivity index (χ1v) is 22.8. The van der Waals surface area contributed by atoms with Crippen LogP contribution < -0.4 is 4.89 Å². The number of nitrogens with zero attached hydrogens (tertiary/aromatic N) is 1. The van der Waals surface area contributed by atoms with Crippen LogP contribution in [-0.2, 0) is 32.7 Å². The van der Waals surface area contributed by atoms with Gasteiger partial charge >= 0.3 is 11.9 Å². The first kappa shape index (κ1) is 55.4. The van der Waals surface area contributed by atoms with Crippen molar-refractivity contribution in [1.29, 1.82) is 0 Å². The Morgan fingerprint density at radius 1 is 0.627 bits per heavy atom. The molecular weight excluding hydrogens is 765 g/mol. The van der Waals surface area contributed by atoms with Gasteiger partial charge in [-0.15, -0.1) is 0 Å². The number of phosphoric acid groups is 1. The second kappa shape index (κ2) is 38.6. The molecule has 0 saturated carbocycles. The Morgan fingerprint density at radius 2 is 1.10 bits per heavy atom. The molecule has 0 aliphatic rings. The number of ether oxygens (including phenoxy) is 2. The summed E-state index contributed by atoms with van der Waals surface area (Å²) in [6, 6.07) is 0. The molecule has 1 N–H and O–H groups in total. The predicted molar refractivity (Wildman–Crippen MR) is 241 cm³/mol. The van der Waals surface area contributed by atoms with Crippen LogP contribution in [0.25, 0.3) is 0 Å². The molecule has 0 heterocycles. The van der Waals surface area contributed by atoms with Gasteiger partial charge in [-0.05, 0) is 83.5 Å². The molecule has 59 heavy (non-hydrogen) atoms. The van der Waals surface area contributed by atoms with E-state index in [0.29, 0.717) is 43.1 Å². The van der Waals surface area contributed by atoms with Crippen LogP contribution in [0.15, 0.2) is 122 Å². The Bertz CT molecular complexity index is 1430. The summed E-state index contributed by atoms with van der Waals surface area (Å²) >= 11 is 0. The van der Waals surface area contributed by atoms with Crippen LogP contribution in [0.5, 0.6) is 0 Å². The maximum absolute atomic E-state index is 12.6. The van der Waals surface area contributed by atoms with Gasteiger partial charge < -0.3 is 33.0 Å². The van der Waals surface area contributed by atoms with Crippen molar-refractivity contribution in [3.8, 4) is 0 Å². The van der Waals surface area contributed by atoms with Gasteiger partial charge in [-0.25, -0.2) is 0 Å². The Labute approximate surface area is 357 Å². The number of rotatable bonds is 36. The number of esters is 2. The molecule has 0 aromatic heterocycles. The molecule has 0 bridgehead atoms. The van der Waals surface area contributed by atoms with Crippen molar-refractivity contribution in [2.45, 2.75) is 122 Å². The number of unbranched alkanes of at least 4 members (excludes halogenated alkanes) is 2. The lowest BCUT2D eigenvalue weighted by Gasteiger charge is -2.28. The maximum Gasteiger partial charge on any atom is 0.306 e. The second-order valence-electron chi connectivity index (χ2n) is 14.8. The minimum atomic E-state index is -4.67. The Hall–Kier alpha value is -3.63. The predicted octanol–water partition coefficient (Wildman–Crippen LogP) is 10.5. The number of phosphoric ester groups is 1. The van der Waals surface area contributed by atoms with E-state index < -0.39 is 38.6 Å². The fourth-order valence-corrected chi connectivity index (χ4v) is 5.47. The number of likely N-dealkylation sites (N-methyl/N-ethyl adjacent to an activating group) is 1. The lowest BCUT2D eigenvalue weighted by atomic mass is 10.2. The van der Waals surface area contributed by atoms with E-state index in [0.717, 1.165) is 51.4 Å². The molecule has 0 radical (unpaired) electrons. The second-order valence-corrected chi connectivity index (χ2v) is 16.2. The summed E-state index contributed by atoms with van der Waals surface area (Å²) in [6.45, 7) is 3.68. The van der Waals surface area contributed by atoms with Crippen molar-refractivity contribution in [1.82, 2.24) is 0 Å². The third-order valence-corrected chi connectivity index (χ3v) is 9.02. The molecule has 0 rings (SSSR count). The molecule has 0 aromatic carbocycles. The number of hydrogen-bond acceptors (Lipinski definition) is 9. The number of aliphatic hydroxyl groups excluding tert-OH is 1. The van der Waals surface area contributed by atoms with Gasteiger partial charge in [0.25, 0.3) is 7.82 Å². The molecule has 2 unspecified atom stereocenters. The quantitative estimate of drug-likeness (QED) is 0.0164. The molecule has 0 aliphatic carbocycles. The van der Waals surface area contributed by atoms with Crippen molar-refractivity contribution in [3.63, 3.8) is 0 Å². The maximum atomic E-state index is 12.6. The fraction of sp³-hybridized carbons (Fsp3) is 0.542. The van der Waals surface area contributed by atoms with Crippen LogP contribution in [0.3, 0.4) is 0 Å². The lowest BCUT2D eigenvalue weighted by Crippen LogP contribution is -2.37. The molecule has 0 aliphatic heterocycles. The number of carbonyl (C=O) groups is 2. The summed E-state index contributed by atoms with van der Waals surface area (Å²) < 4.78 is 33.7. The van der Waals surface area contributed by atoms with E-state index >= 15 is 0 Å². The van der Waals surface area contributed by atoms with Gasteiger partial charge in [0.1, 0.15) is 19.8 Å². The molecule has 10 nitrogen and oxygen atoms in total. The minimum Gasteiger partial charge on any atom is -0.756 e. The average molecular weight is 842 g/mol. The van der Waals surface area contributed by atoms with Crippen molar-refractivity contribution in [2.75, 3.05) is 47.5 Å². The summed E-state index contributed by atoms with van der Waals surface area (Å²) in [5.41, 5.74) is 0. The normalized spacial score (nSPS) is 15.3. The molecule has 332 valence electrons. The summed E-state index contributed by atoms with van der Waals surface area (Å²) in [7, 11) is 1.05. The molecule has 3 atom stereocenters. The first-order chi connectivity index (χ1) is 28.4. The zero-order valence-corrected chi connectivity index (χ0v) is 37.6. The van der Waals surface area contributed by atoms with E-state index in [9.17, 15) is 24.2 Å². The van der Waals surface area contributed by atoms with Crippen LogP contribution in [0.4, 0.5) is 0 Å². The van der Waals surface area contributed by atoms with Gasteiger partial charge in [0.15, 0.2) is 6.10 Å². The van der Waals surface area contributed by atoms with Crippen LogP contribution >= 0.6 is 7.82 Å². The molecule has 0 aromatic rings. The molecule has 0 fully saturated rings. The smallest absolute Gasteiger partial charge is 0.306 e.